The number of halogens is 1. The summed E-state index contributed by atoms with van der Waals surface area (Å²) in [5, 5.41) is 0. The molecule has 0 atom stereocenters. The Kier molecular flexibility index (Phi) is 3.48. The molecule has 0 radical (unpaired) electrons. The maximum absolute atomic E-state index is 12.9. The molecular weight excluding hydrogens is 243 g/mol. The molecule has 0 N–H and O–H groups in total. The first-order valence-corrected chi connectivity index (χ1v) is 5.64. The van der Waals surface area contributed by atoms with Crippen molar-refractivity contribution in [3.05, 3.63) is 29.3 Å². The fourth-order valence-electron chi connectivity index (χ4n) is 1.31. The number of hydrogen-bond donors (Lipinski definition) is 0. The van der Waals surface area contributed by atoms with Gasteiger partial charge in [-0.2, -0.15) is 8.76 Å². The van der Waals surface area contributed by atoms with Gasteiger partial charge in [0.05, 0.1) is 13.7 Å². The minimum absolute atomic E-state index is 0.532. The standard InChI is InChI=1S/C10H11FN4OS/c1-15(9-4-8(11)12-6-13-9)5-7-3-10(16-2)14-17-7/h3-4,6H,5H2,1-2H3. The van der Waals surface area contributed by atoms with Gasteiger partial charge in [0.15, 0.2) is 0 Å². The third-order valence-electron chi connectivity index (χ3n) is 2.15. The van der Waals surface area contributed by atoms with Gasteiger partial charge in [0.2, 0.25) is 11.8 Å². The molecule has 0 bridgehead atoms. The van der Waals surface area contributed by atoms with Crippen molar-refractivity contribution in [2.75, 3.05) is 19.1 Å². The zero-order valence-electron chi connectivity index (χ0n) is 9.42. The Hall–Kier alpha value is -1.76. The monoisotopic (exact) mass is 254 g/mol. The van der Waals surface area contributed by atoms with Crippen LogP contribution in [0.1, 0.15) is 4.88 Å². The first-order valence-electron chi connectivity index (χ1n) is 4.87. The van der Waals surface area contributed by atoms with Gasteiger partial charge in [-0.15, -0.1) is 0 Å². The summed E-state index contributed by atoms with van der Waals surface area (Å²) in [4.78, 5) is 10.2. The molecule has 2 rings (SSSR count). The summed E-state index contributed by atoms with van der Waals surface area (Å²) >= 11 is 1.35. The molecule has 0 unspecified atom stereocenters. The lowest BCUT2D eigenvalue weighted by atomic mass is 10.4. The van der Waals surface area contributed by atoms with Crippen LogP contribution in [0, 0.1) is 5.95 Å². The van der Waals surface area contributed by atoms with Crippen molar-refractivity contribution >= 4 is 17.4 Å². The van der Waals surface area contributed by atoms with Gasteiger partial charge >= 0.3 is 0 Å². The Bertz CT molecular complexity index is 505. The largest absolute Gasteiger partial charge is 0.480 e. The van der Waals surface area contributed by atoms with Crippen molar-refractivity contribution in [3.8, 4) is 5.88 Å². The van der Waals surface area contributed by atoms with Gasteiger partial charge < -0.3 is 9.64 Å². The van der Waals surface area contributed by atoms with E-state index in [1.165, 1.54) is 23.9 Å². The maximum atomic E-state index is 12.9. The molecule has 0 aliphatic rings. The predicted molar refractivity (Wildman–Crippen MR) is 62.8 cm³/mol. The molecule has 0 aliphatic carbocycles. The van der Waals surface area contributed by atoms with E-state index >= 15 is 0 Å². The van der Waals surface area contributed by atoms with Gasteiger partial charge in [-0.05, 0) is 11.5 Å². The summed E-state index contributed by atoms with van der Waals surface area (Å²) in [5.74, 6) is 0.584. The first kappa shape index (κ1) is 11.7. The van der Waals surface area contributed by atoms with Crippen molar-refractivity contribution in [1.29, 1.82) is 0 Å². The van der Waals surface area contributed by atoms with Crippen LogP contribution < -0.4 is 9.64 Å². The fourth-order valence-corrected chi connectivity index (χ4v) is 2.05. The number of nitrogens with zero attached hydrogens (tertiary/aromatic N) is 4. The van der Waals surface area contributed by atoms with Crippen LogP contribution in [0.4, 0.5) is 10.2 Å². The molecular formula is C10H11FN4OS. The smallest absolute Gasteiger partial charge is 0.225 e. The zero-order chi connectivity index (χ0) is 12.3. The number of aromatic nitrogens is 3. The van der Waals surface area contributed by atoms with E-state index in [1.807, 2.05) is 18.0 Å². The van der Waals surface area contributed by atoms with Gasteiger partial charge in [0.1, 0.15) is 12.1 Å². The lowest BCUT2D eigenvalue weighted by Crippen LogP contribution is -2.17. The molecule has 17 heavy (non-hydrogen) atoms. The van der Waals surface area contributed by atoms with Crippen molar-refractivity contribution in [3.63, 3.8) is 0 Å². The fraction of sp³-hybridized carbons (Fsp3) is 0.300. The lowest BCUT2D eigenvalue weighted by Gasteiger charge is -2.16. The van der Waals surface area contributed by atoms with Gasteiger partial charge in [-0.3, -0.25) is 0 Å². The van der Waals surface area contributed by atoms with Crippen LogP contribution in [0.25, 0.3) is 0 Å². The Balaban J connectivity index is 2.08. The Morgan fingerprint density at radius 3 is 2.88 bits per heavy atom. The topological polar surface area (TPSA) is 51.1 Å². The predicted octanol–water partition coefficient (Wildman–Crippen LogP) is 1.72. The molecule has 7 heteroatoms. The highest BCUT2D eigenvalue weighted by Gasteiger charge is 2.08. The Labute approximate surface area is 102 Å². The highest BCUT2D eigenvalue weighted by Crippen LogP contribution is 2.19. The van der Waals surface area contributed by atoms with E-state index in [2.05, 4.69) is 14.3 Å². The molecule has 0 spiro atoms. The third kappa shape index (κ3) is 2.88. The number of ether oxygens (including phenoxy) is 1. The zero-order valence-corrected chi connectivity index (χ0v) is 10.2. The van der Waals surface area contributed by atoms with Crippen molar-refractivity contribution in [2.24, 2.45) is 0 Å². The van der Waals surface area contributed by atoms with E-state index in [0.29, 0.717) is 18.2 Å². The van der Waals surface area contributed by atoms with E-state index in [9.17, 15) is 4.39 Å². The molecule has 5 nitrogen and oxygen atoms in total. The van der Waals surface area contributed by atoms with Crippen LogP contribution in [-0.4, -0.2) is 28.5 Å². The van der Waals surface area contributed by atoms with Crippen LogP contribution >= 0.6 is 11.5 Å². The minimum Gasteiger partial charge on any atom is -0.480 e. The summed E-state index contributed by atoms with van der Waals surface area (Å²) in [7, 11) is 3.40. The molecule has 2 aromatic heterocycles. The summed E-state index contributed by atoms with van der Waals surface area (Å²) in [6, 6.07) is 3.14. The summed E-state index contributed by atoms with van der Waals surface area (Å²) in [6.07, 6.45) is 1.20. The molecule has 0 fully saturated rings. The second-order valence-electron chi connectivity index (χ2n) is 3.39. The minimum atomic E-state index is -0.538. The molecule has 0 saturated heterocycles. The second-order valence-corrected chi connectivity index (χ2v) is 4.28. The molecule has 0 aromatic carbocycles. The average molecular weight is 254 g/mol. The number of methoxy groups -OCH3 is 1. The number of rotatable bonds is 4. The van der Waals surface area contributed by atoms with E-state index in [0.717, 1.165) is 4.88 Å². The van der Waals surface area contributed by atoms with E-state index in [1.54, 1.807) is 7.11 Å². The van der Waals surface area contributed by atoms with Crippen LogP contribution in [0.15, 0.2) is 18.5 Å². The van der Waals surface area contributed by atoms with Gasteiger partial charge in [-0.1, -0.05) is 0 Å². The Morgan fingerprint density at radius 1 is 1.41 bits per heavy atom. The first-order chi connectivity index (χ1) is 8.19. The summed E-state index contributed by atoms with van der Waals surface area (Å²) < 4.78 is 22.0. The van der Waals surface area contributed by atoms with Gasteiger partial charge in [0.25, 0.3) is 0 Å². The quantitative estimate of drug-likeness (QED) is 0.777. The normalized spacial score (nSPS) is 10.3. The van der Waals surface area contributed by atoms with Crippen LogP contribution in [0.5, 0.6) is 5.88 Å². The number of anilines is 1. The van der Waals surface area contributed by atoms with Gasteiger partial charge in [0, 0.05) is 24.1 Å². The Morgan fingerprint density at radius 2 is 2.24 bits per heavy atom. The second kappa shape index (κ2) is 5.05. The molecule has 90 valence electrons. The van der Waals surface area contributed by atoms with Crippen LogP contribution in [0.3, 0.4) is 0 Å². The molecule has 2 heterocycles. The summed E-state index contributed by atoms with van der Waals surface area (Å²) in [5.41, 5.74) is 0. The van der Waals surface area contributed by atoms with E-state index in [-0.39, 0.29) is 0 Å². The highest BCUT2D eigenvalue weighted by atomic mass is 32.1. The third-order valence-corrected chi connectivity index (χ3v) is 2.90. The van der Waals surface area contributed by atoms with Crippen molar-refractivity contribution in [1.82, 2.24) is 14.3 Å². The molecule has 2 aromatic rings. The lowest BCUT2D eigenvalue weighted by molar-refractivity contribution is 0.402. The maximum Gasteiger partial charge on any atom is 0.225 e. The van der Waals surface area contributed by atoms with Crippen LogP contribution in [-0.2, 0) is 6.54 Å². The van der Waals surface area contributed by atoms with Crippen molar-refractivity contribution in [2.45, 2.75) is 6.54 Å². The van der Waals surface area contributed by atoms with Gasteiger partial charge in [-0.25, -0.2) is 9.97 Å². The molecule has 0 saturated carbocycles. The molecule has 0 amide bonds. The highest BCUT2D eigenvalue weighted by molar-refractivity contribution is 7.05. The van der Waals surface area contributed by atoms with Crippen molar-refractivity contribution < 1.29 is 9.13 Å². The van der Waals surface area contributed by atoms with Crippen LogP contribution in [0.2, 0.25) is 0 Å². The average Bonchev–Trinajstić information content (AvgIpc) is 2.77. The number of hydrogen-bond acceptors (Lipinski definition) is 6. The SMILES string of the molecule is COc1cc(CN(C)c2cc(F)ncn2)sn1. The van der Waals surface area contributed by atoms with E-state index in [4.69, 9.17) is 4.74 Å². The van der Waals surface area contributed by atoms with E-state index < -0.39 is 5.95 Å². The summed E-state index contributed by atoms with van der Waals surface area (Å²) in [6.45, 7) is 0.595. The molecule has 0 aliphatic heterocycles.